The highest BCUT2D eigenvalue weighted by Gasteiger charge is 2.23. The van der Waals surface area contributed by atoms with Gasteiger partial charge in [-0.05, 0) is 61.3 Å². The minimum atomic E-state index is -0.200. The van der Waals surface area contributed by atoms with E-state index in [1.54, 1.807) is 18.2 Å². The molecule has 1 aromatic heterocycles. The molecule has 0 saturated heterocycles. The molecular formula is C24H26N4O4S. The number of H-pyrrole nitrogens is 1. The van der Waals surface area contributed by atoms with Crippen molar-refractivity contribution in [1.29, 1.82) is 0 Å². The predicted molar refractivity (Wildman–Crippen MR) is 128 cm³/mol. The van der Waals surface area contributed by atoms with Gasteiger partial charge in [0, 0.05) is 25.6 Å². The summed E-state index contributed by atoms with van der Waals surface area (Å²) in [6, 6.07) is 14.9. The van der Waals surface area contributed by atoms with Crippen LogP contribution in [0.2, 0.25) is 0 Å². The summed E-state index contributed by atoms with van der Waals surface area (Å²) in [5, 5.41) is 6.30. The maximum Gasteiger partial charge on any atom is 0.262 e. The highest BCUT2D eigenvalue weighted by Crippen LogP contribution is 2.18. The van der Waals surface area contributed by atoms with Crippen molar-refractivity contribution in [2.75, 3.05) is 13.2 Å². The predicted octanol–water partition coefficient (Wildman–Crippen LogP) is 2.47. The van der Waals surface area contributed by atoms with Gasteiger partial charge in [0.2, 0.25) is 5.91 Å². The van der Waals surface area contributed by atoms with Crippen LogP contribution >= 0.6 is 12.2 Å². The molecule has 1 heterocycles. The number of carbonyl (C=O) groups excluding carboxylic acids is 2. The molecule has 3 aromatic rings. The molecule has 0 unspecified atom stereocenters. The number of carbonyl (C=O) groups is 2. The number of hydrogen-bond acceptors (Lipinski definition) is 5. The van der Waals surface area contributed by atoms with E-state index in [1.807, 2.05) is 30.3 Å². The molecule has 8 nitrogen and oxygen atoms in total. The summed E-state index contributed by atoms with van der Waals surface area (Å²) >= 11 is 5.28. The Morgan fingerprint density at radius 2 is 1.85 bits per heavy atom. The molecule has 1 aliphatic rings. The van der Waals surface area contributed by atoms with E-state index in [4.69, 9.17) is 17.0 Å². The van der Waals surface area contributed by atoms with Crippen LogP contribution in [0.15, 0.2) is 53.3 Å². The molecular weight excluding hydrogens is 440 g/mol. The van der Waals surface area contributed by atoms with Crippen LogP contribution in [0.4, 0.5) is 0 Å². The molecule has 33 heavy (non-hydrogen) atoms. The molecule has 0 spiro atoms. The van der Waals surface area contributed by atoms with Crippen LogP contribution < -0.4 is 20.9 Å². The van der Waals surface area contributed by atoms with Gasteiger partial charge < -0.3 is 20.4 Å². The van der Waals surface area contributed by atoms with Gasteiger partial charge in [0.15, 0.2) is 11.4 Å². The lowest BCUT2D eigenvalue weighted by Gasteiger charge is -2.09. The van der Waals surface area contributed by atoms with Crippen molar-refractivity contribution >= 4 is 34.9 Å². The van der Waals surface area contributed by atoms with Crippen LogP contribution in [0, 0.1) is 4.77 Å². The topological polar surface area (TPSA) is 105 Å². The fourth-order valence-corrected chi connectivity index (χ4v) is 3.73. The van der Waals surface area contributed by atoms with Gasteiger partial charge in [0.1, 0.15) is 5.75 Å². The molecule has 4 rings (SSSR count). The number of aromatic nitrogens is 2. The van der Waals surface area contributed by atoms with Crippen LogP contribution in [0.5, 0.6) is 5.75 Å². The summed E-state index contributed by atoms with van der Waals surface area (Å²) in [6.07, 6.45) is 2.91. The van der Waals surface area contributed by atoms with Crippen LogP contribution in [-0.4, -0.2) is 40.6 Å². The third kappa shape index (κ3) is 6.29. The number of nitrogens with one attached hydrogen (secondary N) is 3. The van der Waals surface area contributed by atoms with Gasteiger partial charge >= 0.3 is 0 Å². The lowest BCUT2D eigenvalue weighted by atomic mass is 10.1. The summed E-state index contributed by atoms with van der Waals surface area (Å²) in [4.78, 5) is 39.6. The van der Waals surface area contributed by atoms with Crippen LogP contribution in [0.25, 0.3) is 10.9 Å². The van der Waals surface area contributed by atoms with E-state index < -0.39 is 0 Å². The molecule has 2 aromatic carbocycles. The van der Waals surface area contributed by atoms with Crippen LogP contribution in [0.3, 0.4) is 0 Å². The second-order valence-electron chi connectivity index (χ2n) is 8.06. The molecule has 9 heteroatoms. The van der Waals surface area contributed by atoms with Gasteiger partial charge in [-0.3, -0.25) is 19.0 Å². The van der Waals surface area contributed by atoms with Crippen molar-refractivity contribution in [2.24, 2.45) is 0 Å². The first-order valence-electron chi connectivity index (χ1n) is 11.0. The van der Waals surface area contributed by atoms with Crippen molar-refractivity contribution < 1.29 is 14.3 Å². The molecule has 3 N–H and O–H groups in total. The van der Waals surface area contributed by atoms with E-state index in [9.17, 15) is 14.4 Å². The summed E-state index contributed by atoms with van der Waals surface area (Å²) < 4.78 is 7.22. The van der Waals surface area contributed by atoms with E-state index in [-0.39, 0.29) is 36.9 Å². The highest BCUT2D eigenvalue weighted by molar-refractivity contribution is 7.71. The molecule has 0 aliphatic heterocycles. The van der Waals surface area contributed by atoms with Crippen LogP contribution in [-0.2, 0) is 22.6 Å². The number of fused-ring (bicyclic) bond motifs is 1. The van der Waals surface area contributed by atoms with E-state index in [1.165, 1.54) is 4.57 Å². The van der Waals surface area contributed by atoms with E-state index in [2.05, 4.69) is 15.6 Å². The lowest BCUT2D eigenvalue weighted by Crippen LogP contribution is -2.30. The summed E-state index contributed by atoms with van der Waals surface area (Å²) in [6.45, 7) is 0.698. The molecule has 1 saturated carbocycles. The fraction of sp³-hybridized carbons (Fsp3) is 0.333. The minimum absolute atomic E-state index is 0.00989. The number of nitrogens with zero attached hydrogens (tertiary/aromatic N) is 1. The number of amides is 2. The first kappa shape index (κ1) is 22.7. The first-order chi connectivity index (χ1) is 16.0. The quantitative estimate of drug-likeness (QED) is 0.398. The van der Waals surface area contributed by atoms with Gasteiger partial charge in [0.25, 0.3) is 11.5 Å². The standard InChI is InChI=1S/C24H26N4O4S/c29-21(12-14-28-23(31)19-3-1-2-4-20(19)27-24(28)33)25-13-11-16-5-9-18(10-6-16)32-15-22(30)26-17-7-8-17/h1-6,9-10,17H,7-8,11-15H2,(H,25,29)(H,26,30)(H,27,33). The summed E-state index contributed by atoms with van der Waals surface area (Å²) in [5.41, 5.74) is 1.53. The first-order valence-corrected chi connectivity index (χ1v) is 11.4. The summed E-state index contributed by atoms with van der Waals surface area (Å²) in [7, 11) is 0. The van der Waals surface area contributed by atoms with Gasteiger partial charge in [-0.1, -0.05) is 24.3 Å². The van der Waals surface area contributed by atoms with E-state index in [0.29, 0.717) is 40.4 Å². The van der Waals surface area contributed by atoms with Gasteiger partial charge in [0.05, 0.1) is 10.9 Å². The third-order valence-corrected chi connectivity index (χ3v) is 5.75. The van der Waals surface area contributed by atoms with Gasteiger partial charge in [-0.15, -0.1) is 0 Å². The molecule has 2 amide bonds. The maximum absolute atomic E-state index is 12.6. The molecule has 1 aliphatic carbocycles. The van der Waals surface area contributed by atoms with E-state index >= 15 is 0 Å². The number of ether oxygens (including phenoxy) is 1. The largest absolute Gasteiger partial charge is 0.484 e. The zero-order valence-corrected chi connectivity index (χ0v) is 19.0. The Labute approximate surface area is 196 Å². The fourth-order valence-electron chi connectivity index (χ4n) is 3.45. The smallest absolute Gasteiger partial charge is 0.262 e. The average Bonchev–Trinajstić information content (AvgIpc) is 3.62. The van der Waals surface area contributed by atoms with Gasteiger partial charge in [-0.25, -0.2) is 0 Å². The lowest BCUT2D eigenvalue weighted by molar-refractivity contribution is -0.123. The Hall–Kier alpha value is -3.46. The second-order valence-corrected chi connectivity index (χ2v) is 8.44. The number of para-hydroxylation sites is 1. The number of rotatable bonds is 10. The Morgan fingerprint density at radius 3 is 2.61 bits per heavy atom. The zero-order valence-electron chi connectivity index (χ0n) is 18.1. The Bertz CT molecular complexity index is 1260. The third-order valence-electron chi connectivity index (χ3n) is 5.42. The Balaban J connectivity index is 1.20. The van der Waals surface area contributed by atoms with Crippen molar-refractivity contribution in [1.82, 2.24) is 20.2 Å². The Morgan fingerprint density at radius 1 is 1.09 bits per heavy atom. The average molecular weight is 467 g/mol. The minimum Gasteiger partial charge on any atom is -0.484 e. The van der Waals surface area contributed by atoms with Crippen molar-refractivity contribution in [2.45, 2.75) is 38.3 Å². The monoisotopic (exact) mass is 466 g/mol. The van der Waals surface area contributed by atoms with Crippen molar-refractivity contribution in [3.05, 3.63) is 69.2 Å². The molecule has 0 bridgehead atoms. The molecule has 0 atom stereocenters. The van der Waals surface area contributed by atoms with Crippen molar-refractivity contribution in [3.63, 3.8) is 0 Å². The molecule has 0 radical (unpaired) electrons. The molecule has 172 valence electrons. The van der Waals surface area contributed by atoms with Crippen LogP contribution in [0.1, 0.15) is 24.8 Å². The SMILES string of the molecule is O=C(CCn1c(=S)[nH]c2ccccc2c1=O)NCCc1ccc(OCC(=O)NC2CC2)cc1. The highest BCUT2D eigenvalue weighted by atomic mass is 32.1. The summed E-state index contributed by atoms with van der Waals surface area (Å²) in [5.74, 6) is 0.383. The van der Waals surface area contributed by atoms with Gasteiger partial charge in [-0.2, -0.15) is 0 Å². The van der Waals surface area contributed by atoms with E-state index in [0.717, 1.165) is 18.4 Å². The maximum atomic E-state index is 12.6. The molecule has 1 fully saturated rings. The Kier molecular flexibility index (Phi) is 7.19. The normalized spacial score (nSPS) is 13.0. The second kappa shape index (κ2) is 10.4. The number of benzene rings is 2. The number of aromatic amines is 1. The number of hydrogen-bond donors (Lipinski definition) is 3. The zero-order chi connectivity index (χ0) is 23.2. The van der Waals surface area contributed by atoms with Crippen molar-refractivity contribution in [3.8, 4) is 5.75 Å².